The number of hydrogen-bond acceptors (Lipinski definition) is 6. The van der Waals surface area contributed by atoms with Crippen LogP contribution in [-0.4, -0.2) is 49.6 Å². The van der Waals surface area contributed by atoms with Crippen molar-refractivity contribution in [2.75, 3.05) is 13.7 Å². The molecule has 244 valence electrons. The molecule has 1 heterocycles. The SMILES string of the molecule is COC(=O)[C@H](C[C@@H]1CCNC1=O)NC(=O)[C@H](Cc1ccc(Cl)c(Cl)c1)NC(=O)OC(c1ccccc1)C(F)(F)c1cccc(Cl)c1. The van der Waals surface area contributed by atoms with Gasteiger partial charge in [0, 0.05) is 29.5 Å². The Morgan fingerprint density at radius 3 is 2.33 bits per heavy atom. The van der Waals surface area contributed by atoms with E-state index in [1.54, 1.807) is 12.1 Å². The Balaban J connectivity index is 1.61. The second kappa shape index (κ2) is 15.6. The van der Waals surface area contributed by atoms with Crippen LogP contribution in [-0.2, 0) is 36.2 Å². The maximum Gasteiger partial charge on any atom is 0.408 e. The number of hydrogen-bond donors (Lipinski definition) is 3. The first-order chi connectivity index (χ1) is 21.9. The van der Waals surface area contributed by atoms with Gasteiger partial charge < -0.3 is 25.4 Å². The Bertz CT molecular complexity index is 1580. The number of amides is 3. The molecule has 1 unspecified atom stereocenters. The van der Waals surface area contributed by atoms with Crippen molar-refractivity contribution < 1.29 is 37.4 Å². The van der Waals surface area contributed by atoms with Crippen molar-refractivity contribution >= 4 is 58.7 Å². The molecule has 9 nitrogen and oxygen atoms in total. The van der Waals surface area contributed by atoms with E-state index < -0.39 is 53.6 Å². The fourth-order valence-electron chi connectivity index (χ4n) is 5.00. The summed E-state index contributed by atoms with van der Waals surface area (Å²) in [5.74, 6) is -6.26. The molecule has 0 spiro atoms. The van der Waals surface area contributed by atoms with E-state index in [0.29, 0.717) is 18.5 Å². The summed E-state index contributed by atoms with van der Waals surface area (Å²) in [6.07, 6.45) is -3.28. The van der Waals surface area contributed by atoms with E-state index in [1.807, 2.05) is 0 Å². The molecule has 0 aromatic heterocycles. The van der Waals surface area contributed by atoms with E-state index in [0.717, 1.165) is 19.2 Å². The van der Waals surface area contributed by atoms with Crippen LogP contribution in [0.15, 0.2) is 72.8 Å². The quantitative estimate of drug-likeness (QED) is 0.200. The lowest BCUT2D eigenvalue weighted by atomic mass is 9.97. The number of carbonyl (C=O) groups excluding carboxylic acids is 4. The van der Waals surface area contributed by atoms with E-state index in [9.17, 15) is 19.2 Å². The molecule has 1 aliphatic heterocycles. The van der Waals surface area contributed by atoms with E-state index in [4.69, 9.17) is 44.3 Å². The molecule has 3 aromatic carbocycles. The molecule has 4 atom stereocenters. The molecule has 3 N–H and O–H groups in total. The van der Waals surface area contributed by atoms with Crippen LogP contribution in [0, 0.1) is 5.92 Å². The van der Waals surface area contributed by atoms with Crippen molar-refractivity contribution in [2.45, 2.75) is 43.4 Å². The predicted molar refractivity (Wildman–Crippen MR) is 168 cm³/mol. The van der Waals surface area contributed by atoms with Gasteiger partial charge >= 0.3 is 18.0 Å². The molecule has 1 fully saturated rings. The van der Waals surface area contributed by atoms with Crippen LogP contribution in [0.3, 0.4) is 0 Å². The zero-order valence-corrected chi connectivity index (χ0v) is 26.7. The van der Waals surface area contributed by atoms with E-state index in [-0.39, 0.29) is 39.4 Å². The summed E-state index contributed by atoms with van der Waals surface area (Å²) >= 11 is 18.2. The van der Waals surface area contributed by atoms with Crippen molar-refractivity contribution in [3.05, 3.63) is 105 Å². The van der Waals surface area contributed by atoms with Gasteiger partial charge in [-0.25, -0.2) is 9.59 Å². The number of alkyl carbamates (subject to hydrolysis) is 1. The lowest BCUT2D eigenvalue weighted by Crippen LogP contribution is -2.53. The monoisotopic (exact) mass is 695 g/mol. The number of methoxy groups -OCH3 is 1. The Morgan fingerprint density at radius 2 is 1.70 bits per heavy atom. The minimum atomic E-state index is -3.75. The third kappa shape index (κ3) is 8.86. The van der Waals surface area contributed by atoms with Gasteiger partial charge in [-0.15, -0.1) is 0 Å². The minimum absolute atomic E-state index is 0.0197. The van der Waals surface area contributed by atoms with E-state index in [1.165, 1.54) is 48.5 Å². The van der Waals surface area contributed by atoms with Crippen LogP contribution in [0.25, 0.3) is 0 Å². The average molecular weight is 697 g/mol. The number of carbonyl (C=O) groups is 4. The third-order valence-corrected chi connectivity index (χ3v) is 8.36. The smallest absolute Gasteiger partial charge is 0.408 e. The Morgan fingerprint density at radius 1 is 0.957 bits per heavy atom. The molecule has 4 rings (SSSR count). The molecule has 0 aliphatic carbocycles. The Labute approximate surface area is 278 Å². The number of benzene rings is 3. The number of esters is 1. The van der Waals surface area contributed by atoms with E-state index in [2.05, 4.69) is 16.0 Å². The molecular weight excluding hydrogens is 667 g/mol. The lowest BCUT2D eigenvalue weighted by molar-refractivity contribution is -0.146. The molecule has 0 bridgehead atoms. The van der Waals surface area contributed by atoms with Gasteiger partial charge in [0.05, 0.1) is 17.2 Å². The molecular formula is C32H30Cl3F2N3O6. The number of rotatable bonds is 12. The van der Waals surface area contributed by atoms with Crippen LogP contribution in [0.5, 0.6) is 0 Å². The van der Waals surface area contributed by atoms with Crippen LogP contribution in [0.4, 0.5) is 13.6 Å². The first-order valence-corrected chi connectivity index (χ1v) is 15.3. The fraction of sp³-hybridized carbons (Fsp3) is 0.312. The molecule has 3 amide bonds. The normalized spacial score (nSPS) is 16.5. The highest BCUT2D eigenvalue weighted by atomic mass is 35.5. The zero-order valence-electron chi connectivity index (χ0n) is 24.4. The van der Waals surface area contributed by atoms with Crippen molar-refractivity contribution in [3.8, 4) is 0 Å². The Kier molecular flexibility index (Phi) is 11.8. The standard InChI is InChI=1S/C32H30Cl3F2N3O6/c1-45-30(43)26(16-20-12-13-38-28(20)41)39-29(42)25(15-18-10-11-23(34)24(35)14-18)40-31(44)46-27(19-6-3-2-4-7-19)32(36,37)21-8-5-9-22(33)17-21/h2-11,14,17,20,25-27H,12-13,15-16H2,1H3,(H,38,41)(H,39,42)(H,40,44)/t20-,25-,26-,27?/m0/s1. The van der Waals surface area contributed by atoms with Crippen molar-refractivity contribution in [1.29, 1.82) is 0 Å². The Hall–Kier alpha value is -3.93. The maximum atomic E-state index is 15.9. The van der Waals surface area contributed by atoms with Crippen LogP contribution in [0.2, 0.25) is 15.1 Å². The zero-order chi connectivity index (χ0) is 33.4. The largest absolute Gasteiger partial charge is 0.467 e. The molecule has 1 saturated heterocycles. The molecule has 1 aliphatic rings. The van der Waals surface area contributed by atoms with Gasteiger partial charge in [0.25, 0.3) is 0 Å². The molecule has 0 radical (unpaired) electrons. The van der Waals surface area contributed by atoms with Gasteiger partial charge in [-0.2, -0.15) is 8.78 Å². The number of ether oxygens (including phenoxy) is 2. The highest BCUT2D eigenvalue weighted by molar-refractivity contribution is 6.42. The fourth-order valence-corrected chi connectivity index (χ4v) is 5.52. The second-order valence-electron chi connectivity index (χ2n) is 10.6. The van der Waals surface area contributed by atoms with Crippen molar-refractivity contribution in [1.82, 2.24) is 16.0 Å². The minimum Gasteiger partial charge on any atom is -0.467 e. The molecule has 14 heteroatoms. The maximum absolute atomic E-state index is 15.9. The summed E-state index contributed by atoms with van der Waals surface area (Å²) in [5, 5.41) is 8.03. The topological polar surface area (TPSA) is 123 Å². The van der Waals surface area contributed by atoms with Gasteiger partial charge in [-0.1, -0.05) is 83.3 Å². The summed E-state index contributed by atoms with van der Waals surface area (Å²) in [4.78, 5) is 51.7. The summed E-state index contributed by atoms with van der Waals surface area (Å²) in [7, 11) is 1.13. The van der Waals surface area contributed by atoms with Crippen molar-refractivity contribution in [3.63, 3.8) is 0 Å². The predicted octanol–water partition coefficient (Wildman–Crippen LogP) is 6.00. The van der Waals surface area contributed by atoms with Gasteiger partial charge in [0.1, 0.15) is 12.1 Å². The third-order valence-electron chi connectivity index (χ3n) is 7.38. The summed E-state index contributed by atoms with van der Waals surface area (Å²) < 4.78 is 42.1. The highest BCUT2D eigenvalue weighted by Crippen LogP contribution is 2.43. The lowest BCUT2D eigenvalue weighted by Gasteiger charge is -2.29. The second-order valence-corrected chi connectivity index (χ2v) is 11.8. The van der Waals surface area contributed by atoms with Gasteiger partial charge in [0.15, 0.2) is 6.10 Å². The number of alkyl halides is 2. The first-order valence-electron chi connectivity index (χ1n) is 14.1. The van der Waals surface area contributed by atoms with Gasteiger partial charge in [0.2, 0.25) is 11.8 Å². The summed E-state index contributed by atoms with van der Waals surface area (Å²) in [6.45, 7) is 0.418. The van der Waals surface area contributed by atoms with Gasteiger partial charge in [-0.05, 0) is 48.2 Å². The van der Waals surface area contributed by atoms with Crippen molar-refractivity contribution in [2.24, 2.45) is 5.92 Å². The first kappa shape index (κ1) is 34.9. The highest BCUT2D eigenvalue weighted by Gasteiger charge is 2.46. The number of halogens is 5. The molecule has 3 aromatic rings. The molecule has 46 heavy (non-hydrogen) atoms. The van der Waals surface area contributed by atoms with Crippen LogP contribution >= 0.6 is 34.8 Å². The van der Waals surface area contributed by atoms with E-state index >= 15 is 8.78 Å². The summed E-state index contributed by atoms with van der Waals surface area (Å²) in [5.41, 5.74) is -0.0687. The van der Waals surface area contributed by atoms with Crippen LogP contribution in [0.1, 0.15) is 35.6 Å². The average Bonchev–Trinajstić information content (AvgIpc) is 3.44. The number of nitrogens with one attached hydrogen (secondary N) is 3. The molecule has 0 saturated carbocycles. The van der Waals surface area contributed by atoms with Crippen LogP contribution < -0.4 is 16.0 Å². The van der Waals surface area contributed by atoms with Gasteiger partial charge in [-0.3, -0.25) is 9.59 Å². The summed E-state index contributed by atoms with van der Waals surface area (Å²) in [6, 6.07) is 14.2.